The number of hydrogen-bond donors (Lipinski definition) is 3. The second-order valence-electron chi connectivity index (χ2n) is 4.02. The molecule has 1 heterocycles. The molecule has 0 bridgehead atoms. The summed E-state index contributed by atoms with van der Waals surface area (Å²) in [7, 11) is -0.835. The average molecular weight is 257 g/mol. The van der Waals surface area contributed by atoms with E-state index in [1.165, 1.54) is 0 Å². The molecule has 17 heavy (non-hydrogen) atoms. The summed E-state index contributed by atoms with van der Waals surface area (Å²) in [5, 5.41) is 3.22. The first kappa shape index (κ1) is 13.9. The molecule has 7 heteroatoms. The maximum absolute atomic E-state index is 11.1. The summed E-state index contributed by atoms with van der Waals surface area (Å²) in [6.45, 7) is 5.65. The monoisotopic (exact) mass is 257 g/mol. The van der Waals surface area contributed by atoms with Gasteiger partial charge >= 0.3 is 0 Å². The van der Waals surface area contributed by atoms with Crippen molar-refractivity contribution in [3.05, 3.63) is 11.4 Å². The highest BCUT2D eigenvalue weighted by atomic mass is 32.2. The number of anilines is 2. The lowest BCUT2D eigenvalue weighted by atomic mass is 10.3. The zero-order chi connectivity index (χ0) is 13.0. The third-order valence-corrected chi connectivity index (χ3v) is 3.23. The van der Waals surface area contributed by atoms with Crippen LogP contribution in [0.15, 0.2) is 0 Å². The van der Waals surface area contributed by atoms with Crippen LogP contribution >= 0.6 is 0 Å². The first-order valence-electron chi connectivity index (χ1n) is 5.32. The summed E-state index contributed by atoms with van der Waals surface area (Å²) in [4.78, 5) is 8.48. The Morgan fingerprint density at radius 1 is 1.35 bits per heavy atom. The van der Waals surface area contributed by atoms with Gasteiger partial charge in [-0.3, -0.25) is 4.21 Å². The van der Waals surface area contributed by atoms with E-state index in [1.807, 2.05) is 13.8 Å². The van der Waals surface area contributed by atoms with Crippen LogP contribution in [-0.4, -0.2) is 32.2 Å². The second-order valence-corrected chi connectivity index (χ2v) is 5.50. The van der Waals surface area contributed by atoms with Crippen molar-refractivity contribution in [1.29, 1.82) is 0 Å². The quantitative estimate of drug-likeness (QED) is 0.527. The van der Waals surface area contributed by atoms with Gasteiger partial charge in [0.25, 0.3) is 0 Å². The molecule has 1 rings (SSSR count). The van der Waals surface area contributed by atoms with Crippen LogP contribution in [0.3, 0.4) is 0 Å². The zero-order valence-corrected chi connectivity index (χ0v) is 11.4. The van der Waals surface area contributed by atoms with Crippen LogP contribution in [0.4, 0.5) is 11.6 Å². The largest absolute Gasteiger partial charge is 0.366 e. The van der Waals surface area contributed by atoms with Crippen molar-refractivity contribution in [2.75, 3.05) is 22.8 Å². The van der Waals surface area contributed by atoms with Crippen molar-refractivity contribution in [3.63, 3.8) is 0 Å². The molecule has 0 aliphatic carbocycles. The lowest BCUT2D eigenvalue weighted by molar-refractivity contribution is 0.682. The van der Waals surface area contributed by atoms with Gasteiger partial charge in [-0.15, -0.1) is 0 Å². The molecule has 0 fully saturated rings. The summed E-state index contributed by atoms with van der Waals surface area (Å²) >= 11 is 0. The summed E-state index contributed by atoms with van der Waals surface area (Å²) in [5.74, 6) is 7.92. The van der Waals surface area contributed by atoms with E-state index in [2.05, 4.69) is 20.7 Å². The van der Waals surface area contributed by atoms with Crippen molar-refractivity contribution in [2.45, 2.75) is 26.8 Å². The molecule has 0 saturated heterocycles. The Balaban J connectivity index is 2.90. The molecule has 0 aliphatic heterocycles. The highest BCUT2D eigenvalue weighted by Crippen LogP contribution is 2.19. The predicted molar refractivity (Wildman–Crippen MR) is 71.3 cm³/mol. The van der Waals surface area contributed by atoms with E-state index in [4.69, 9.17) is 5.84 Å². The maximum Gasteiger partial charge on any atom is 0.148 e. The SMILES string of the molecule is Cc1nc(NN)c(C)c(NC(C)CS(C)=O)n1. The smallest absolute Gasteiger partial charge is 0.148 e. The molecular weight excluding hydrogens is 238 g/mol. The number of nitrogens with one attached hydrogen (secondary N) is 2. The van der Waals surface area contributed by atoms with Crippen molar-refractivity contribution in [2.24, 2.45) is 5.84 Å². The molecular formula is C10H19N5OS. The second kappa shape index (κ2) is 5.92. The first-order chi connectivity index (χ1) is 7.93. The minimum absolute atomic E-state index is 0.0828. The normalized spacial score (nSPS) is 14.2. The number of nitrogens with zero attached hydrogens (tertiary/aromatic N) is 2. The zero-order valence-electron chi connectivity index (χ0n) is 10.6. The van der Waals surface area contributed by atoms with Gasteiger partial charge in [0, 0.05) is 34.4 Å². The van der Waals surface area contributed by atoms with Gasteiger partial charge in [-0.1, -0.05) is 0 Å². The van der Waals surface area contributed by atoms with E-state index >= 15 is 0 Å². The van der Waals surface area contributed by atoms with E-state index in [0.717, 1.165) is 11.4 Å². The van der Waals surface area contributed by atoms with E-state index in [-0.39, 0.29) is 6.04 Å². The molecule has 0 radical (unpaired) electrons. The van der Waals surface area contributed by atoms with Crippen LogP contribution in [0.2, 0.25) is 0 Å². The van der Waals surface area contributed by atoms with Crippen molar-refractivity contribution in [1.82, 2.24) is 9.97 Å². The Kier molecular flexibility index (Phi) is 4.83. The van der Waals surface area contributed by atoms with Gasteiger partial charge in [0.15, 0.2) is 0 Å². The molecule has 0 spiro atoms. The van der Waals surface area contributed by atoms with Crippen LogP contribution in [-0.2, 0) is 10.8 Å². The number of nitrogen functional groups attached to an aromatic ring is 1. The predicted octanol–water partition coefficient (Wildman–Crippen LogP) is 0.558. The minimum Gasteiger partial charge on any atom is -0.366 e. The summed E-state index contributed by atoms with van der Waals surface area (Å²) in [5.41, 5.74) is 3.39. The number of rotatable bonds is 5. The van der Waals surface area contributed by atoms with Crippen LogP contribution in [0.5, 0.6) is 0 Å². The van der Waals surface area contributed by atoms with Gasteiger partial charge in [0.05, 0.1) is 0 Å². The van der Waals surface area contributed by atoms with Gasteiger partial charge in [-0.2, -0.15) is 0 Å². The van der Waals surface area contributed by atoms with Gasteiger partial charge < -0.3 is 10.7 Å². The molecule has 0 aliphatic rings. The molecule has 0 amide bonds. The molecule has 2 unspecified atom stereocenters. The number of hydrazine groups is 1. The fourth-order valence-electron chi connectivity index (χ4n) is 1.54. The van der Waals surface area contributed by atoms with Crippen molar-refractivity contribution in [3.8, 4) is 0 Å². The molecule has 1 aromatic rings. The van der Waals surface area contributed by atoms with Crippen molar-refractivity contribution >= 4 is 22.4 Å². The van der Waals surface area contributed by atoms with Crippen LogP contribution in [0.25, 0.3) is 0 Å². The first-order valence-corrected chi connectivity index (χ1v) is 7.05. The van der Waals surface area contributed by atoms with E-state index in [1.54, 1.807) is 13.2 Å². The molecule has 0 aromatic carbocycles. The highest BCUT2D eigenvalue weighted by molar-refractivity contribution is 7.84. The van der Waals surface area contributed by atoms with E-state index < -0.39 is 10.8 Å². The summed E-state index contributed by atoms with van der Waals surface area (Å²) < 4.78 is 11.1. The summed E-state index contributed by atoms with van der Waals surface area (Å²) in [6, 6.07) is 0.0828. The Bertz CT molecular complexity index is 423. The minimum atomic E-state index is -0.835. The standard InChI is InChI=1S/C10H19N5OS/c1-6(5-17(4)16)12-9-7(2)10(15-11)14-8(3)13-9/h6H,5,11H2,1-4H3,(H2,12,13,14,15). The Labute approximate surface area is 104 Å². The topological polar surface area (TPSA) is 92.9 Å². The molecule has 0 saturated carbocycles. The van der Waals surface area contributed by atoms with E-state index in [0.29, 0.717) is 17.4 Å². The number of aryl methyl sites for hydroxylation is 1. The molecule has 96 valence electrons. The van der Waals surface area contributed by atoms with Crippen LogP contribution < -0.4 is 16.6 Å². The van der Waals surface area contributed by atoms with Crippen molar-refractivity contribution < 1.29 is 4.21 Å². The Morgan fingerprint density at radius 2 is 1.94 bits per heavy atom. The lowest BCUT2D eigenvalue weighted by Crippen LogP contribution is -2.24. The third kappa shape index (κ3) is 3.94. The fraction of sp³-hybridized carbons (Fsp3) is 0.600. The van der Waals surface area contributed by atoms with Crippen LogP contribution in [0.1, 0.15) is 18.3 Å². The average Bonchev–Trinajstić information content (AvgIpc) is 2.21. The van der Waals surface area contributed by atoms with Gasteiger partial charge in [0.2, 0.25) is 0 Å². The van der Waals surface area contributed by atoms with Gasteiger partial charge in [0.1, 0.15) is 17.5 Å². The fourth-order valence-corrected chi connectivity index (χ4v) is 2.32. The van der Waals surface area contributed by atoms with Gasteiger partial charge in [-0.25, -0.2) is 15.8 Å². The van der Waals surface area contributed by atoms with E-state index in [9.17, 15) is 4.21 Å². The molecule has 4 N–H and O–H groups in total. The maximum atomic E-state index is 11.1. The number of hydrogen-bond acceptors (Lipinski definition) is 6. The molecule has 1 aromatic heterocycles. The Morgan fingerprint density at radius 3 is 2.47 bits per heavy atom. The third-order valence-electron chi connectivity index (χ3n) is 2.26. The number of aromatic nitrogens is 2. The summed E-state index contributed by atoms with van der Waals surface area (Å²) in [6.07, 6.45) is 1.68. The molecule has 6 nitrogen and oxygen atoms in total. The number of nitrogens with two attached hydrogens (primary N) is 1. The molecule has 2 atom stereocenters. The van der Waals surface area contributed by atoms with Crippen LogP contribution in [0, 0.1) is 13.8 Å². The Hall–Kier alpha value is -1.21. The van der Waals surface area contributed by atoms with Gasteiger partial charge in [-0.05, 0) is 20.8 Å². The highest BCUT2D eigenvalue weighted by Gasteiger charge is 2.11. The lowest BCUT2D eigenvalue weighted by Gasteiger charge is -2.16.